The molecule has 0 bridgehead atoms. The van der Waals surface area contributed by atoms with E-state index in [0.29, 0.717) is 11.4 Å². The lowest BCUT2D eigenvalue weighted by atomic mass is 10.3. The monoisotopic (exact) mass is 256 g/mol. The molecule has 0 unspecified atom stereocenters. The van der Waals surface area contributed by atoms with Gasteiger partial charge in [-0.2, -0.15) is 0 Å². The molecule has 0 N–H and O–H groups in total. The lowest BCUT2D eigenvalue weighted by Crippen LogP contribution is -1.96. The van der Waals surface area contributed by atoms with Gasteiger partial charge in [-0.15, -0.1) is 0 Å². The highest BCUT2D eigenvalue weighted by atomic mass is 35.5. The summed E-state index contributed by atoms with van der Waals surface area (Å²) >= 11 is 5.68. The Balaban J connectivity index is 2.84. The van der Waals surface area contributed by atoms with Crippen molar-refractivity contribution >= 4 is 21.4 Å². The van der Waals surface area contributed by atoms with Gasteiger partial charge in [-0.25, -0.2) is 8.42 Å². The van der Waals surface area contributed by atoms with Crippen molar-refractivity contribution in [3.8, 4) is 11.2 Å². The first-order chi connectivity index (χ1) is 7.56. The van der Waals surface area contributed by atoms with Crippen molar-refractivity contribution in [3.05, 3.63) is 29.3 Å². The molecule has 0 aliphatic heterocycles. The van der Waals surface area contributed by atoms with E-state index in [-0.39, 0.29) is 4.90 Å². The maximum Gasteiger partial charge on any atom is 0.245 e. The number of unbranched alkanes of at least 4 members (excludes halogenated alkanes) is 2. The number of halogens is 1. The molecule has 0 fully saturated rings. The number of hydrogen-bond acceptors (Lipinski definition) is 2. The van der Waals surface area contributed by atoms with Gasteiger partial charge in [0.2, 0.25) is 9.84 Å². The number of hydrogen-bond donors (Lipinski definition) is 0. The Bertz CT molecular complexity index is 492. The predicted molar refractivity (Wildman–Crippen MR) is 65.9 cm³/mol. The van der Waals surface area contributed by atoms with Crippen LogP contribution in [0.2, 0.25) is 5.02 Å². The molecule has 0 atom stereocenters. The molecule has 0 saturated heterocycles. The fraction of sp³-hybridized carbons (Fsp3) is 0.333. The summed E-state index contributed by atoms with van der Waals surface area (Å²) in [5, 5.41) is 2.82. The van der Waals surface area contributed by atoms with Crippen LogP contribution in [0.1, 0.15) is 26.2 Å². The Hall–Kier alpha value is -0.980. The molecule has 0 saturated carbocycles. The van der Waals surface area contributed by atoms with E-state index in [9.17, 15) is 8.42 Å². The summed E-state index contributed by atoms with van der Waals surface area (Å²) in [6.07, 6.45) is 2.54. The summed E-state index contributed by atoms with van der Waals surface area (Å²) in [7, 11) is -3.48. The van der Waals surface area contributed by atoms with Crippen LogP contribution in [-0.4, -0.2) is 8.42 Å². The van der Waals surface area contributed by atoms with Crippen LogP contribution in [0.4, 0.5) is 0 Å². The maximum absolute atomic E-state index is 11.7. The van der Waals surface area contributed by atoms with Gasteiger partial charge in [0.05, 0.1) is 4.90 Å². The van der Waals surface area contributed by atoms with Crippen LogP contribution >= 0.6 is 11.6 Å². The fourth-order valence-electron chi connectivity index (χ4n) is 1.08. The highest BCUT2D eigenvalue weighted by Crippen LogP contribution is 2.14. The first-order valence-corrected chi connectivity index (χ1v) is 6.92. The molecule has 16 heavy (non-hydrogen) atoms. The van der Waals surface area contributed by atoms with Crippen molar-refractivity contribution in [2.45, 2.75) is 31.1 Å². The third-order valence-corrected chi connectivity index (χ3v) is 3.54. The van der Waals surface area contributed by atoms with E-state index >= 15 is 0 Å². The molecule has 0 aromatic heterocycles. The Kier molecular flexibility index (Phi) is 4.85. The Morgan fingerprint density at radius 3 is 2.44 bits per heavy atom. The molecule has 86 valence electrons. The molecule has 0 heterocycles. The van der Waals surface area contributed by atoms with Gasteiger partial charge in [-0.05, 0) is 30.7 Å². The predicted octanol–water partition coefficient (Wildman–Crippen LogP) is 3.26. The Morgan fingerprint density at radius 1 is 1.25 bits per heavy atom. The first kappa shape index (κ1) is 13.1. The van der Waals surface area contributed by atoms with E-state index in [2.05, 4.69) is 11.2 Å². The van der Waals surface area contributed by atoms with Crippen molar-refractivity contribution in [3.63, 3.8) is 0 Å². The molecule has 1 aromatic rings. The molecule has 0 spiro atoms. The number of benzene rings is 1. The van der Waals surface area contributed by atoms with Gasteiger partial charge >= 0.3 is 0 Å². The SMILES string of the molecule is CCCCC#CS(=O)(=O)c1ccc(Cl)cc1. The quantitative estimate of drug-likeness (QED) is 0.473. The zero-order valence-corrected chi connectivity index (χ0v) is 10.6. The van der Waals surface area contributed by atoms with Gasteiger partial charge in [-0.1, -0.05) is 30.9 Å². The largest absolute Gasteiger partial charge is 0.245 e. The first-order valence-electron chi connectivity index (χ1n) is 5.06. The lowest BCUT2D eigenvalue weighted by Gasteiger charge is -1.96. The molecule has 0 amide bonds. The topological polar surface area (TPSA) is 34.1 Å². The Labute approximate surface area is 102 Å². The van der Waals surface area contributed by atoms with E-state index in [1.807, 2.05) is 6.92 Å². The third-order valence-electron chi connectivity index (χ3n) is 1.99. The highest BCUT2D eigenvalue weighted by molar-refractivity contribution is 7.96. The summed E-state index contributed by atoms with van der Waals surface area (Å²) < 4.78 is 23.4. The van der Waals surface area contributed by atoms with E-state index in [1.165, 1.54) is 12.1 Å². The van der Waals surface area contributed by atoms with Crippen LogP contribution in [-0.2, 0) is 9.84 Å². The molecule has 0 radical (unpaired) electrons. The summed E-state index contributed by atoms with van der Waals surface area (Å²) in [4.78, 5) is 0.195. The molecule has 4 heteroatoms. The van der Waals surface area contributed by atoms with Gasteiger partial charge in [0.15, 0.2) is 0 Å². The molecule has 0 aliphatic carbocycles. The van der Waals surface area contributed by atoms with Crippen molar-refractivity contribution in [1.29, 1.82) is 0 Å². The number of rotatable bonds is 3. The minimum absolute atomic E-state index is 0.195. The third kappa shape index (κ3) is 3.88. The van der Waals surface area contributed by atoms with Gasteiger partial charge in [-0.3, -0.25) is 0 Å². The van der Waals surface area contributed by atoms with Crippen LogP contribution in [0.15, 0.2) is 29.2 Å². The van der Waals surface area contributed by atoms with Crippen molar-refractivity contribution < 1.29 is 8.42 Å². The summed E-state index contributed by atoms with van der Waals surface area (Å²) in [6, 6.07) is 6.02. The number of sulfone groups is 1. The fourth-order valence-corrected chi connectivity index (χ4v) is 2.11. The smallest absolute Gasteiger partial charge is 0.210 e. The highest BCUT2D eigenvalue weighted by Gasteiger charge is 2.09. The molecular formula is C12H13ClO2S. The average Bonchev–Trinajstić information content (AvgIpc) is 2.25. The molecule has 1 rings (SSSR count). The van der Waals surface area contributed by atoms with Crippen molar-refractivity contribution in [2.75, 3.05) is 0 Å². The molecule has 0 aliphatic rings. The normalized spacial score (nSPS) is 10.6. The van der Waals surface area contributed by atoms with E-state index in [0.717, 1.165) is 12.8 Å². The second kappa shape index (κ2) is 5.93. The average molecular weight is 257 g/mol. The second-order valence-electron chi connectivity index (χ2n) is 3.34. The second-order valence-corrected chi connectivity index (χ2v) is 5.46. The molecular weight excluding hydrogens is 244 g/mol. The Morgan fingerprint density at radius 2 is 1.88 bits per heavy atom. The van der Waals surface area contributed by atoms with Crippen LogP contribution < -0.4 is 0 Å². The summed E-state index contributed by atoms with van der Waals surface area (Å²) in [6.45, 7) is 2.04. The minimum Gasteiger partial charge on any atom is -0.210 e. The van der Waals surface area contributed by atoms with Crippen LogP contribution in [0.5, 0.6) is 0 Å². The molecule has 2 nitrogen and oxygen atoms in total. The van der Waals surface area contributed by atoms with Gasteiger partial charge in [0.25, 0.3) is 0 Å². The van der Waals surface area contributed by atoms with Crippen LogP contribution in [0, 0.1) is 11.2 Å². The zero-order valence-electron chi connectivity index (χ0n) is 9.03. The van der Waals surface area contributed by atoms with E-state index in [4.69, 9.17) is 11.6 Å². The maximum atomic E-state index is 11.7. The van der Waals surface area contributed by atoms with E-state index in [1.54, 1.807) is 12.1 Å². The van der Waals surface area contributed by atoms with Crippen LogP contribution in [0.25, 0.3) is 0 Å². The van der Waals surface area contributed by atoms with Crippen molar-refractivity contribution in [1.82, 2.24) is 0 Å². The lowest BCUT2D eigenvalue weighted by molar-refractivity contribution is 0.606. The summed E-state index contributed by atoms with van der Waals surface area (Å²) in [5.74, 6) is 2.67. The standard InChI is InChI=1S/C12H13ClO2S/c1-2-3-4-5-10-16(14,15)12-8-6-11(13)7-9-12/h6-9H,2-4H2,1H3. The summed E-state index contributed by atoms with van der Waals surface area (Å²) in [5.41, 5.74) is 0. The molecule has 1 aromatic carbocycles. The van der Waals surface area contributed by atoms with Crippen molar-refractivity contribution in [2.24, 2.45) is 0 Å². The van der Waals surface area contributed by atoms with E-state index < -0.39 is 9.84 Å². The van der Waals surface area contributed by atoms with Gasteiger partial charge in [0.1, 0.15) is 0 Å². The van der Waals surface area contributed by atoms with Gasteiger partial charge < -0.3 is 0 Å². The minimum atomic E-state index is -3.48. The van der Waals surface area contributed by atoms with Crippen LogP contribution in [0.3, 0.4) is 0 Å². The van der Waals surface area contributed by atoms with Gasteiger partial charge in [0, 0.05) is 16.7 Å². The zero-order chi connectivity index (χ0) is 12.0.